The summed E-state index contributed by atoms with van der Waals surface area (Å²) in [6.07, 6.45) is 0.749. The largest absolute Gasteiger partial charge is 0.480 e. The number of aliphatic carboxylic acids is 1. The van der Waals surface area contributed by atoms with Crippen molar-refractivity contribution in [1.29, 1.82) is 0 Å². The van der Waals surface area contributed by atoms with E-state index in [9.17, 15) is 24.6 Å². The summed E-state index contributed by atoms with van der Waals surface area (Å²) in [5.41, 5.74) is 21.5. The maximum Gasteiger partial charge on any atom is 0.326 e. The Balaban J connectivity index is 5.06. The van der Waals surface area contributed by atoms with Crippen molar-refractivity contribution in [3.05, 3.63) is 0 Å². The van der Waals surface area contributed by atoms with Crippen molar-refractivity contribution in [2.45, 2.75) is 63.3 Å². The number of carboxylic acid groups (broad SMARTS) is 1. The quantitative estimate of drug-likeness (QED) is 0.0833. The van der Waals surface area contributed by atoms with Crippen molar-refractivity contribution in [1.82, 2.24) is 10.6 Å². The minimum atomic E-state index is -1.23. The number of carbonyl (C=O) groups is 3. The highest BCUT2D eigenvalue weighted by Crippen LogP contribution is 2.05. The fourth-order valence-electron chi connectivity index (χ4n) is 2.28. The molecule has 4 unspecified atom stereocenters. The molecule has 0 saturated heterocycles. The van der Waals surface area contributed by atoms with Crippen LogP contribution in [0.25, 0.3) is 0 Å². The molecule has 0 heterocycles. The lowest BCUT2D eigenvalue weighted by Gasteiger charge is -2.23. The Labute approximate surface area is 164 Å². The van der Waals surface area contributed by atoms with E-state index in [4.69, 9.17) is 22.9 Å². The number of aliphatic hydroxyl groups is 1. The van der Waals surface area contributed by atoms with Gasteiger partial charge >= 0.3 is 5.97 Å². The van der Waals surface area contributed by atoms with Gasteiger partial charge in [0.2, 0.25) is 11.8 Å². The predicted molar refractivity (Wildman–Crippen MR) is 104 cm³/mol. The van der Waals surface area contributed by atoms with Gasteiger partial charge in [0.15, 0.2) is 5.96 Å². The zero-order chi connectivity index (χ0) is 21.7. The van der Waals surface area contributed by atoms with E-state index >= 15 is 0 Å². The fraction of sp³-hybridized carbons (Fsp3) is 0.750. The van der Waals surface area contributed by atoms with Crippen molar-refractivity contribution >= 4 is 23.7 Å². The van der Waals surface area contributed by atoms with Crippen LogP contribution < -0.4 is 33.6 Å². The van der Waals surface area contributed by atoms with Crippen molar-refractivity contribution in [2.75, 3.05) is 13.1 Å². The first kappa shape index (κ1) is 25.6. The molecule has 12 N–H and O–H groups in total. The average Bonchev–Trinajstić information content (AvgIpc) is 2.61. The van der Waals surface area contributed by atoms with Crippen LogP contribution in [-0.4, -0.2) is 71.3 Å². The first-order valence-corrected chi connectivity index (χ1v) is 9.12. The third kappa shape index (κ3) is 10.6. The van der Waals surface area contributed by atoms with Gasteiger partial charge in [-0.3, -0.25) is 14.6 Å². The van der Waals surface area contributed by atoms with Crippen LogP contribution in [-0.2, 0) is 14.4 Å². The number of aliphatic hydroxyl groups excluding tert-OH is 1. The zero-order valence-electron chi connectivity index (χ0n) is 16.1. The predicted octanol–water partition coefficient (Wildman–Crippen LogP) is -3.07. The highest BCUT2D eigenvalue weighted by molar-refractivity contribution is 5.91. The number of amides is 2. The minimum absolute atomic E-state index is 0.105. The first-order chi connectivity index (χ1) is 13.1. The smallest absolute Gasteiger partial charge is 0.326 e. The summed E-state index contributed by atoms with van der Waals surface area (Å²) in [4.78, 5) is 39.8. The molecule has 0 aliphatic rings. The lowest BCUT2D eigenvalue weighted by atomic mass is 10.1. The molecular formula is C16H33N7O5. The van der Waals surface area contributed by atoms with E-state index in [-0.39, 0.29) is 25.3 Å². The van der Waals surface area contributed by atoms with Crippen LogP contribution >= 0.6 is 0 Å². The second-order valence-corrected chi connectivity index (χ2v) is 6.46. The number of nitrogens with two attached hydrogens (primary N) is 4. The molecule has 0 bridgehead atoms. The van der Waals surface area contributed by atoms with Crippen LogP contribution in [0.1, 0.15) is 39.0 Å². The number of unbranched alkanes of at least 4 members (excludes halogenated alkanes) is 1. The summed E-state index contributed by atoms with van der Waals surface area (Å²) in [6.45, 7) is 1.99. The normalized spacial score (nSPS) is 15.0. The number of nitrogens with one attached hydrogen (secondary N) is 2. The van der Waals surface area contributed by atoms with Gasteiger partial charge < -0.3 is 43.8 Å². The lowest BCUT2D eigenvalue weighted by molar-refractivity contribution is -0.142. The summed E-state index contributed by atoms with van der Waals surface area (Å²) >= 11 is 0. The Morgan fingerprint density at radius 1 is 1.00 bits per heavy atom. The molecule has 0 rings (SSSR count). The molecule has 12 nitrogen and oxygen atoms in total. The Kier molecular flexibility index (Phi) is 12.5. The molecule has 0 aromatic rings. The zero-order valence-corrected chi connectivity index (χ0v) is 16.1. The molecule has 2 amide bonds. The third-order valence-corrected chi connectivity index (χ3v) is 3.96. The van der Waals surface area contributed by atoms with Gasteiger partial charge in [-0.2, -0.15) is 0 Å². The first-order valence-electron chi connectivity index (χ1n) is 9.12. The Hall–Kier alpha value is -2.44. The van der Waals surface area contributed by atoms with Crippen LogP contribution in [0, 0.1) is 0 Å². The highest BCUT2D eigenvalue weighted by Gasteiger charge is 2.28. The monoisotopic (exact) mass is 403 g/mol. The highest BCUT2D eigenvalue weighted by atomic mass is 16.4. The molecule has 0 aromatic heterocycles. The van der Waals surface area contributed by atoms with Gasteiger partial charge in [0.05, 0.1) is 6.10 Å². The standard InChI is InChI=1S/C16H33N7O5/c1-9(24)12(18)14(26)22-10(6-4-8-21-16(19)20)13(25)23-11(15(27)28)5-2-3-7-17/h9-12,24H,2-8,17-18H2,1H3,(H,22,26)(H,23,25)(H,27,28)(H4,19,20,21). The van der Waals surface area contributed by atoms with Gasteiger partial charge in [0, 0.05) is 6.54 Å². The average molecular weight is 403 g/mol. The second-order valence-electron chi connectivity index (χ2n) is 6.46. The Bertz CT molecular complexity index is 537. The van der Waals surface area contributed by atoms with Crippen LogP contribution in [0.15, 0.2) is 4.99 Å². The van der Waals surface area contributed by atoms with Crippen LogP contribution in [0.4, 0.5) is 0 Å². The summed E-state index contributed by atoms with van der Waals surface area (Å²) in [7, 11) is 0. The van der Waals surface area contributed by atoms with E-state index in [0.717, 1.165) is 0 Å². The summed E-state index contributed by atoms with van der Waals surface area (Å²) in [6, 6.07) is -3.39. The number of hydrogen-bond donors (Lipinski definition) is 8. The molecule has 0 aliphatic carbocycles. The molecule has 162 valence electrons. The Morgan fingerprint density at radius 3 is 2.07 bits per heavy atom. The number of hydrogen-bond acceptors (Lipinski definition) is 7. The Morgan fingerprint density at radius 2 is 1.57 bits per heavy atom. The fourth-order valence-corrected chi connectivity index (χ4v) is 2.28. The minimum Gasteiger partial charge on any atom is -0.480 e. The third-order valence-electron chi connectivity index (χ3n) is 3.96. The number of guanidine groups is 1. The number of nitrogens with zero attached hydrogens (tertiary/aromatic N) is 1. The van der Waals surface area contributed by atoms with E-state index in [1.807, 2.05) is 0 Å². The topological polar surface area (TPSA) is 232 Å². The maximum absolute atomic E-state index is 12.5. The molecule has 28 heavy (non-hydrogen) atoms. The van der Waals surface area contributed by atoms with E-state index in [0.29, 0.717) is 25.8 Å². The van der Waals surface area contributed by atoms with Crippen molar-refractivity contribution in [3.63, 3.8) is 0 Å². The van der Waals surface area contributed by atoms with Gasteiger partial charge in [-0.15, -0.1) is 0 Å². The van der Waals surface area contributed by atoms with E-state index in [2.05, 4.69) is 15.6 Å². The molecule has 0 aliphatic heterocycles. The second kappa shape index (κ2) is 13.7. The van der Waals surface area contributed by atoms with Gasteiger partial charge in [0.25, 0.3) is 0 Å². The number of carboxylic acids is 1. The maximum atomic E-state index is 12.5. The van der Waals surface area contributed by atoms with Gasteiger partial charge in [-0.25, -0.2) is 4.79 Å². The molecule has 0 saturated carbocycles. The lowest BCUT2D eigenvalue weighted by Crippen LogP contribution is -2.56. The van der Waals surface area contributed by atoms with Crippen LogP contribution in [0.5, 0.6) is 0 Å². The van der Waals surface area contributed by atoms with Gasteiger partial charge in [-0.1, -0.05) is 0 Å². The molecule has 0 radical (unpaired) electrons. The number of aliphatic imine (C=N–C) groups is 1. The molecular weight excluding hydrogens is 370 g/mol. The SMILES string of the molecule is CC(O)C(N)C(=O)NC(CCCN=C(N)N)C(=O)NC(CCCCN)C(=O)O. The van der Waals surface area contributed by atoms with Gasteiger partial charge in [0.1, 0.15) is 18.1 Å². The van der Waals surface area contributed by atoms with E-state index in [1.54, 1.807) is 0 Å². The van der Waals surface area contributed by atoms with Crippen molar-refractivity contribution < 1.29 is 24.6 Å². The van der Waals surface area contributed by atoms with Gasteiger partial charge in [-0.05, 0) is 45.6 Å². The van der Waals surface area contributed by atoms with Crippen molar-refractivity contribution in [3.8, 4) is 0 Å². The number of carbonyl (C=O) groups excluding carboxylic acids is 2. The number of rotatable bonds is 14. The molecule has 0 aromatic carbocycles. The van der Waals surface area contributed by atoms with E-state index in [1.165, 1.54) is 6.92 Å². The molecule has 12 heteroatoms. The van der Waals surface area contributed by atoms with E-state index < -0.39 is 42.0 Å². The summed E-state index contributed by atoms with van der Waals surface area (Å²) in [5.74, 6) is -2.69. The summed E-state index contributed by atoms with van der Waals surface area (Å²) < 4.78 is 0. The van der Waals surface area contributed by atoms with Crippen LogP contribution in [0.2, 0.25) is 0 Å². The summed E-state index contributed by atoms with van der Waals surface area (Å²) in [5, 5.41) is 23.6. The van der Waals surface area contributed by atoms with Crippen LogP contribution in [0.3, 0.4) is 0 Å². The van der Waals surface area contributed by atoms with Crippen molar-refractivity contribution in [2.24, 2.45) is 27.9 Å². The molecule has 0 spiro atoms. The molecule has 0 fully saturated rings. The molecule has 4 atom stereocenters.